The zero-order valence-corrected chi connectivity index (χ0v) is 15.3. The number of piperazine rings is 1. The van der Waals surface area contributed by atoms with E-state index in [0.29, 0.717) is 12.2 Å². The fraction of sp³-hybridized carbons (Fsp3) is 0.667. The van der Waals surface area contributed by atoms with Crippen molar-refractivity contribution < 1.29 is 19.5 Å². The Morgan fingerprint density at radius 2 is 2.19 bits per heavy atom. The zero-order valence-electron chi connectivity index (χ0n) is 15.3. The number of aromatic nitrogens is 1. The lowest BCUT2D eigenvalue weighted by Crippen LogP contribution is -2.50. The zero-order chi connectivity index (χ0) is 18.4. The summed E-state index contributed by atoms with van der Waals surface area (Å²) in [7, 11) is 0. The summed E-state index contributed by atoms with van der Waals surface area (Å²) < 4.78 is 5.42. The lowest BCUT2D eigenvalue weighted by Gasteiger charge is -2.38. The maximum Gasteiger partial charge on any atom is 0.276 e. The van der Waals surface area contributed by atoms with Crippen LogP contribution in [0.15, 0.2) is 18.3 Å². The van der Waals surface area contributed by atoms with Crippen molar-refractivity contribution in [3.05, 3.63) is 23.9 Å². The number of carbonyl (C=O) groups is 1. The standard InChI is InChI=1S/C18H28N4O4/c1-14(13-23)21-7-9-22(10-8-21)16-6-5-15(12-19-16)18(24)20-26-17-4-2-3-11-25-17/h5-6,12,14,17,23H,2-4,7-11,13H2,1H3,(H,20,24). The van der Waals surface area contributed by atoms with Gasteiger partial charge in [-0.1, -0.05) is 0 Å². The van der Waals surface area contributed by atoms with Crippen LogP contribution < -0.4 is 10.4 Å². The molecule has 0 spiro atoms. The van der Waals surface area contributed by atoms with E-state index in [1.807, 2.05) is 13.0 Å². The number of amides is 1. The van der Waals surface area contributed by atoms with E-state index in [1.165, 1.54) is 0 Å². The quantitative estimate of drug-likeness (QED) is 0.721. The van der Waals surface area contributed by atoms with Gasteiger partial charge < -0.3 is 14.7 Å². The SMILES string of the molecule is CC(CO)N1CCN(c2ccc(C(=O)NOC3CCCCO3)cn2)CC1. The van der Waals surface area contributed by atoms with E-state index in [-0.39, 0.29) is 24.8 Å². The molecule has 0 aliphatic carbocycles. The Bertz CT molecular complexity index is 569. The second-order valence-corrected chi connectivity index (χ2v) is 6.80. The molecular weight excluding hydrogens is 336 g/mol. The lowest BCUT2D eigenvalue weighted by molar-refractivity contribution is -0.186. The van der Waals surface area contributed by atoms with E-state index < -0.39 is 0 Å². The number of nitrogens with one attached hydrogen (secondary N) is 1. The van der Waals surface area contributed by atoms with E-state index in [1.54, 1.807) is 12.3 Å². The number of carbonyl (C=O) groups excluding carboxylic acids is 1. The van der Waals surface area contributed by atoms with Gasteiger partial charge in [0.1, 0.15) is 5.82 Å². The number of aliphatic hydroxyl groups is 1. The molecule has 3 rings (SSSR count). The van der Waals surface area contributed by atoms with Crippen LogP contribution in [0.2, 0.25) is 0 Å². The Kier molecular flexibility index (Phi) is 6.79. The molecule has 2 N–H and O–H groups in total. The summed E-state index contributed by atoms with van der Waals surface area (Å²) >= 11 is 0. The molecule has 1 aromatic rings. The molecule has 0 saturated carbocycles. The molecule has 1 amide bonds. The maximum absolute atomic E-state index is 12.2. The molecular formula is C18H28N4O4. The third-order valence-electron chi connectivity index (χ3n) is 4.96. The normalized spacial score (nSPS) is 22.8. The van der Waals surface area contributed by atoms with Gasteiger partial charge in [0.2, 0.25) is 0 Å². The Hall–Kier alpha value is -1.74. The van der Waals surface area contributed by atoms with Gasteiger partial charge in [0.25, 0.3) is 5.91 Å². The van der Waals surface area contributed by atoms with Crippen LogP contribution in [0.4, 0.5) is 5.82 Å². The van der Waals surface area contributed by atoms with Gasteiger partial charge in [-0.05, 0) is 31.9 Å². The summed E-state index contributed by atoms with van der Waals surface area (Å²) in [4.78, 5) is 26.3. The number of hydroxylamine groups is 1. The van der Waals surface area contributed by atoms with E-state index in [9.17, 15) is 9.90 Å². The Balaban J connectivity index is 1.48. The average molecular weight is 364 g/mol. The summed E-state index contributed by atoms with van der Waals surface area (Å²) in [5.74, 6) is 0.536. The molecule has 8 heteroatoms. The number of ether oxygens (including phenoxy) is 1. The third kappa shape index (κ3) is 4.91. The van der Waals surface area contributed by atoms with Crippen LogP contribution in [0, 0.1) is 0 Å². The molecule has 2 fully saturated rings. The highest BCUT2D eigenvalue weighted by Gasteiger charge is 2.22. The number of rotatable bonds is 6. The number of hydrogen-bond donors (Lipinski definition) is 2. The maximum atomic E-state index is 12.2. The second-order valence-electron chi connectivity index (χ2n) is 6.80. The molecule has 144 valence electrons. The van der Waals surface area contributed by atoms with Gasteiger partial charge in [0.15, 0.2) is 6.29 Å². The van der Waals surface area contributed by atoms with Crippen LogP contribution in [0.25, 0.3) is 0 Å². The van der Waals surface area contributed by atoms with Crippen molar-refractivity contribution in [2.45, 2.75) is 38.5 Å². The van der Waals surface area contributed by atoms with Crippen molar-refractivity contribution in [2.24, 2.45) is 0 Å². The highest BCUT2D eigenvalue weighted by molar-refractivity contribution is 5.93. The molecule has 0 aromatic carbocycles. The third-order valence-corrected chi connectivity index (χ3v) is 4.96. The van der Waals surface area contributed by atoms with Gasteiger partial charge in [-0.25, -0.2) is 15.3 Å². The minimum atomic E-state index is -0.363. The van der Waals surface area contributed by atoms with Crippen LogP contribution in [-0.4, -0.2) is 72.6 Å². The molecule has 0 radical (unpaired) electrons. The first-order chi connectivity index (χ1) is 12.7. The van der Waals surface area contributed by atoms with Gasteiger partial charge in [-0.2, -0.15) is 0 Å². The predicted octanol–water partition coefficient (Wildman–Crippen LogP) is 0.772. The van der Waals surface area contributed by atoms with Gasteiger partial charge in [-0.3, -0.25) is 9.69 Å². The van der Waals surface area contributed by atoms with Crippen LogP contribution in [0.5, 0.6) is 0 Å². The first-order valence-electron chi connectivity index (χ1n) is 9.31. The summed E-state index contributed by atoms with van der Waals surface area (Å²) in [6.45, 7) is 6.36. The molecule has 2 unspecified atom stereocenters. The van der Waals surface area contributed by atoms with E-state index in [2.05, 4.69) is 20.3 Å². The Morgan fingerprint density at radius 1 is 1.38 bits per heavy atom. The molecule has 2 aliphatic heterocycles. The lowest BCUT2D eigenvalue weighted by atomic mass is 10.2. The molecule has 0 bridgehead atoms. The number of aliphatic hydroxyl groups excluding tert-OH is 1. The van der Waals surface area contributed by atoms with Crippen LogP contribution in [0.1, 0.15) is 36.5 Å². The van der Waals surface area contributed by atoms with Gasteiger partial charge >= 0.3 is 0 Å². The molecule has 1 aromatic heterocycles. The highest BCUT2D eigenvalue weighted by Crippen LogP contribution is 2.16. The molecule has 2 aliphatic rings. The summed E-state index contributed by atoms with van der Waals surface area (Å²) in [6.07, 6.45) is 4.07. The van der Waals surface area contributed by atoms with Crippen molar-refractivity contribution in [1.82, 2.24) is 15.4 Å². The van der Waals surface area contributed by atoms with Crippen molar-refractivity contribution in [2.75, 3.05) is 44.3 Å². The fourth-order valence-corrected chi connectivity index (χ4v) is 3.20. The average Bonchev–Trinajstić information content (AvgIpc) is 2.72. The van der Waals surface area contributed by atoms with Crippen LogP contribution in [-0.2, 0) is 9.57 Å². The Labute approximate surface area is 154 Å². The first kappa shape index (κ1) is 19.0. The Morgan fingerprint density at radius 3 is 2.81 bits per heavy atom. The molecule has 3 heterocycles. The summed E-state index contributed by atoms with van der Waals surface area (Å²) in [6, 6.07) is 3.80. The van der Waals surface area contributed by atoms with E-state index in [0.717, 1.165) is 51.3 Å². The highest BCUT2D eigenvalue weighted by atomic mass is 16.8. The number of anilines is 1. The molecule has 2 saturated heterocycles. The number of nitrogens with zero attached hydrogens (tertiary/aromatic N) is 3. The molecule has 26 heavy (non-hydrogen) atoms. The molecule has 2 atom stereocenters. The van der Waals surface area contributed by atoms with Crippen molar-refractivity contribution in [3.63, 3.8) is 0 Å². The van der Waals surface area contributed by atoms with Crippen LogP contribution >= 0.6 is 0 Å². The van der Waals surface area contributed by atoms with Crippen LogP contribution in [0.3, 0.4) is 0 Å². The van der Waals surface area contributed by atoms with Gasteiger partial charge in [-0.15, -0.1) is 0 Å². The van der Waals surface area contributed by atoms with Gasteiger partial charge in [0, 0.05) is 51.4 Å². The summed E-state index contributed by atoms with van der Waals surface area (Å²) in [5.41, 5.74) is 2.90. The smallest absolute Gasteiger partial charge is 0.276 e. The number of hydrogen-bond acceptors (Lipinski definition) is 7. The predicted molar refractivity (Wildman–Crippen MR) is 96.7 cm³/mol. The van der Waals surface area contributed by atoms with Gasteiger partial charge in [0.05, 0.1) is 12.2 Å². The second kappa shape index (κ2) is 9.27. The topological polar surface area (TPSA) is 87.2 Å². The van der Waals surface area contributed by atoms with Crippen molar-refractivity contribution in [1.29, 1.82) is 0 Å². The fourth-order valence-electron chi connectivity index (χ4n) is 3.20. The first-order valence-corrected chi connectivity index (χ1v) is 9.31. The summed E-state index contributed by atoms with van der Waals surface area (Å²) in [5, 5.41) is 9.26. The minimum absolute atomic E-state index is 0.177. The van der Waals surface area contributed by atoms with Crippen molar-refractivity contribution >= 4 is 11.7 Å². The minimum Gasteiger partial charge on any atom is -0.395 e. The van der Waals surface area contributed by atoms with Crippen molar-refractivity contribution in [3.8, 4) is 0 Å². The van der Waals surface area contributed by atoms with E-state index in [4.69, 9.17) is 9.57 Å². The monoisotopic (exact) mass is 364 g/mol. The van der Waals surface area contributed by atoms with E-state index >= 15 is 0 Å². The molecule has 8 nitrogen and oxygen atoms in total. The largest absolute Gasteiger partial charge is 0.395 e. The number of pyridine rings is 1.